The molecule has 0 saturated heterocycles. The van der Waals surface area contributed by atoms with Gasteiger partial charge in [-0.3, -0.25) is 0 Å². The lowest BCUT2D eigenvalue weighted by Crippen LogP contribution is -2.50. The molecule has 0 bridgehead atoms. The van der Waals surface area contributed by atoms with Crippen molar-refractivity contribution in [2.45, 2.75) is 53.1 Å². The minimum atomic E-state index is -1.24. The maximum Gasteiger partial charge on any atom is 0.149 e. The Labute approximate surface area is 91.3 Å². The van der Waals surface area contributed by atoms with Crippen molar-refractivity contribution in [3.63, 3.8) is 0 Å². The first-order valence-corrected chi connectivity index (χ1v) is 8.76. The predicted octanol–water partition coefficient (Wildman–Crippen LogP) is 3.82. The van der Waals surface area contributed by atoms with Crippen molar-refractivity contribution in [2.24, 2.45) is 0 Å². The lowest BCUT2D eigenvalue weighted by Gasteiger charge is -2.36. The van der Waals surface area contributed by atoms with Crippen LogP contribution in [0.1, 0.15) is 40.5 Å². The predicted molar refractivity (Wildman–Crippen MR) is 69.1 cm³/mol. The first-order valence-electron chi connectivity index (χ1n) is 6.03. The lowest BCUT2D eigenvalue weighted by atomic mass is 10.4. The number of allylic oxidation sites excluding steroid dienone is 1. The van der Waals surface area contributed by atoms with E-state index in [0.717, 1.165) is 0 Å². The molecule has 1 unspecified atom stereocenters. The van der Waals surface area contributed by atoms with E-state index in [1.54, 1.807) is 0 Å². The smallest absolute Gasteiger partial charge is 0.149 e. The van der Waals surface area contributed by atoms with Crippen LogP contribution in [0.3, 0.4) is 0 Å². The summed E-state index contributed by atoms with van der Waals surface area (Å²) in [5, 5.41) is 0. The second-order valence-corrected chi connectivity index (χ2v) is 8.59. The number of rotatable bonds is 7. The third kappa shape index (κ3) is 3.97. The van der Waals surface area contributed by atoms with Crippen LogP contribution in [0, 0.1) is 0 Å². The van der Waals surface area contributed by atoms with Gasteiger partial charge in [0.15, 0.2) is 0 Å². The highest BCUT2D eigenvalue weighted by atomic mass is 28.3. The molecule has 0 saturated carbocycles. The van der Waals surface area contributed by atoms with Crippen molar-refractivity contribution in [3.05, 3.63) is 11.8 Å². The van der Waals surface area contributed by atoms with E-state index in [1.807, 2.05) is 0 Å². The molecule has 0 N–H and O–H groups in total. The standard InChI is InChI=1S/C12H27NSi/c1-6-10-13(11-7-2)14(5,9-4)12-8-3/h8,12H,6-7,9-11H2,1-5H3. The molecule has 0 aromatic rings. The van der Waals surface area contributed by atoms with Crippen LogP contribution in [0.2, 0.25) is 12.6 Å². The summed E-state index contributed by atoms with van der Waals surface area (Å²) in [6.07, 6.45) is 4.80. The minimum absolute atomic E-state index is 1.24. The van der Waals surface area contributed by atoms with E-state index in [1.165, 1.54) is 32.0 Å². The summed E-state index contributed by atoms with van der Waals surface area (Å²) in [5.74, 6) is 0. The average molecular weight is 213 g/mol. The summed E-state index contributed by atoms with van der Waals surface area (Å²) < 4.78 is 2.74. The van der Waals surface area contributed by atoms with Gasteiger partial charge >= 0.3 is 0 Å². The molecular formula is C12H27NSi. The van der Waals surface area contributed by atoms with E-state index in [9.17, 15) is 0 Å². The summed E-state index contributed by atoms with van der Waals surface area (Å²) in [6, 6.07) is 1.33. The molecule has 0 aliphatic carbocycles. The van der Waals surface area contributed by atoms with Crippen LogP contribution >= 0.6 is 0 Å². The monoisotopic (exact) mass is 213 g/mol. The van der Waals surface area contributed by atoms with Gasteiger partial charge in [0.25, 0.3) is 0 Å². The van der Waals surface area contributed by atoms with Gasteiger partial charge < -0.3 is 4.57 Å². The van der Waals surface area contributed by atoms with Crippen molar-refractivity contribution < 1.29 is 0 Å². The van der Waals surface area contributed by atoms with E-state index in [2.05, 4.69) is 50.6 Å². The first-order chi connectivity index (χ1) is 6.64. The Morgan fingerprint density at radius 1 is 1.07 bits per heavy atom. The number of hydrogen-bond donors (Lipinski definition) is 0. The molecule has 1 nitrogen and oxygen atoms in total. The Morgan fingerprint density at radius 2 is 1.57 bits per heavy atom. The van der Waals surface area contributed by atoms with Gasteiger partial charge in [0.05, 0.1) is 0 Å². The molecule has 0 fully saturated rings. The summed E-state index contributed by atoms with van der Waals surface area (Å²) >= 11 is 0. The van der Waals surface area contributed by atoms with Crippen LogP contribution in [-0.2, 0) is 0 Å². The fourth-order valence-electron chi connectivity index (χ4n) is 1.97. The second kappa shape index (κ2) is 7.24. The fraction of sp³-hybridized carbons (Fsp3) is 0.833. The molecule has 0 radical (unpaired) electrons. The van der Waals surface area contributed by atoms with Gasteiger partial charge in [-0.1, -0.05) is 39.1 Å². The van der Waals surface area contributed by atoms with Crippen LogP contribution < -0.4 is 0 Å². The van der Waals surface area contributed by atoms with Gasteiger partial charge in [-0.15, -0.1) is 0 Å². The molecule has 0 aliphatic heterocycles. The Hall–Kier alpha value is -0.0831. The second-order valence-electron chi connectivity index (χ2n) is 4.20. The Kier molecular flexibility index (Phi) is 7.20. The van der Waals surface area contributed by atoms with Gasteiger partial charge in [-0.2, -0.15) is 0 Å². The highest BCUT2D eigenvalue weighted by Gasteiger charge is 2.28. The van der Waals surface area contributed by atoms with Crippen molar-refractivity contribution in [3.8, 4) is 0 Å². The normalized spacial score (nSPS) is 16.4. The van der Waals surface area contributed by atoms with Crippen LogP contribution in [0.15, 0.2) is 11.8 Å². The molecule has 0 amide bonds. The van der Waals surface area contributed by atoms with E-state index < -0.39 is 8.24 Å². The molecule has 1 atom stereocenters. The van der Waals surface area contributed by atoms with E-state index in [4.69, 9.17) is 0 Å². The number of hydrogen-bond acceptors (Lipinski definition) is 1. The largest absolute Gasteiger partial charge is 0.320 e. The molecule has 14 heavy (non-hydrogen) atoms. The van der Waals surface area contributed by atoms with Crippen LogP contribution in [0.4, 0.5) is 0 Å². The molecule has 84 valence electrons. The summed E-state index contributed by atoms with van der Waals surface area (Å²) in [6.45, 7) is 14.1. The van der Waals surface area contributed by atoms with Crippen molar-refractivity contribution >= 4 is 8.24 Å². The molecule has 0 aromatic carbocycles. The Morgan fingerprint density at radius 3 is 1.86 bits per heavy atom. The summed E-state index contributed by atoms with van der Waals surface area (Å²) in [7, 11) is -1.24. The van der Waals surface area contributed by atoms with Gasteiger partial charge in [-0.05, 0) is 38.9 Å². The quantitative estimate of drug-likeness (QED) is 0.581. The summed E-state index contributed by atoms with van der Waals surface area (Å²) in [5.41, 5.74) is 2.48. The minimum Gasteiger partial charge on any atom is -0.320 e. The topological polar surface area (TPSA) is 3.24 Å². The van der Waals surface area contributed by atoms with Gasteiger partial charge in [0, 0.05) is 0 Å². The van der Waals surface area contributed by atoms with Crippen molar-refractivity contribution in [2.75, 3.05) is 13.1 Å². The van der Waals surface area contributed by atoms with E-state index in [0.29, 0.717) is 0 Å². The molecule has 0 heterocycles. The third-order valence-electron chi connectivity index (χ3n) is 2.95. The van der Waals surface area contributed by atoms with Crippen LogP contribution in [0.5, 0.6) is 0 Å². The van der Waals surface area contributed by atoms with Crippen LogP contribution in [-0.4, -0.2) is 25.9 Å². The maximum atomic E-state index is 2.74. The van der Waals surface area contributed by atoms with Gasteiger partial charge in [0.2, 0.25) is 0 Å². The highest BCUT2D eigenvalue weighted by molar-refractivity contribution is 6.80. The molecular weight excluding hydrogens is 186 g/mol. The van der Waals surface area contributed by atoms with Gasteiger partial charge in [0.1, 0.15) is 8.24 Å². The average Bonchev–Trinajstić information content (AvgIpc) is 2.18. The lowest BCUT2D eigenvalue weighted by molar-refractivity contribution is 0.420. The van der Waals surface area contributed by atoms with E-state index in [-0.39, 0.29) is 0 Å². The molecule has 0 aliphatic rings. The van der Waals surface area contributed by atoms with E-state index >= 15 is 0 Å². The molecule has 0 rings (SSSR count). The van der Waals surface area contributed by atoms with Crippen molar-refractivity contribution in [1.82, 2.24) is 4.57 Å². The zero-order chi connectivity index (χ0) is 11.0. The first kappa shape index (κ1) is 13.9. The molecule has 0 spiro atoms. The number of nitrogens with zero attached hydrogens (tertiary/aromatic N) is 1. The zero-order valence-corrected chi connectivity index (χ0v) is 11.6. The SMILES string of the molecule is CC=C[Si](C)(CC)N(CCC)CCC. The zero-order valence-electron chi connectivity index (χ0n) is 10.6. The summed E-state index contributed by atoms with van der Waals surface area (Å²) in [4.78, 5) is 0. The Bertz CT molecular complexity index is 162. The van der Waals surface area contributed by atoms with Gasteiger partial charge in [-0.25, -0.2) is 0 Å². The maximum absolute atomic E-state index is 2.74. The molecule has 2 heteroatoms. The third-order valence-corrected chi connectivity index (χ3v) is 7.33. The Balaban J connectivity index is 4.54. The molecule has 0 aromatic heterocycles. The fourth-order valence-corrected chi connectivity index (χ4v) is 5.05. The van der Waals surface area contributed by atoms with Crippen molar-refractivity contribution in [1.29, 1.82) is 0 Å². The van der Waals surface area contributed by atoms with Crippen LogP contribution in [0.25, 0.3) is 0 Å². The highest BCUT2D eigenvalue weighted by Crippen LogP contribution is 2.17.